The molecule has 1 aliphatic carbocycles. The van der Waals surface area contributed by atoms with Crippen LogP contribution in [0, 0.1) is 0 Å². The van der Waals surface area contributed by atoms with E-state index in [-0.39, 0.29) is 5.41 Å². The van der Waals surface area contributed by atoms with Crippen LogP contribution in [0.2, 0.25) is 0 Å². The molecule has 0 aliphatic heterocycles. The summed E-state index contributed by atoms with van der Waals surface area (Å²) >= 11 is 0. The number of aryl methyl sites for hydroxylation is 1. The van der Waals surface area contributed by atoms with Crippen molar-refractivity contribution in [1.82, 2.24) is 0 Å². The third-order valence-corrected chi connectivity index (χ3v) is 12.6. The average molecular weight is 757 g/mol. The maximum Gasteiger partial charge on any atom is 0.0546 e. The van der Waals surface area contributed by atoms with E-state index in [0.717, 1.165) is 35.6 Å². The van der Waals surface area contributed by atoms with Crippen LogP contribution in [0.15, 0.2) is 206 Å². The Morgan fingerprint density at radius 2 is 0.831 bits per heavy atom. The molecule has 2 heteroatoms. The van der Waals surface area contributed by atoms with Gasteiger partial charge in [0.25, 0.3) is 0 Å². The van der Waals surface area contributed by atoms with E-state index in [1.54, 1.807) is 0 Å². The van der Waals surface area contributed by atoms with Gasteiger partial charge in [-0.05, 0) is 129 Å². The Balaban J connectivity index is 1.34. The Bertz CT molecular complexity index is 3020. The first kappa shape index (κ1) is 35.0. The van der Waals surface area contributed by atoms with Crippen molar-refractivity contribution in [1.29, 1.82) is 0 Å². The Morgan fingerprint density at radius 3 is 1.37 bits per heavy atom. The third-order valence-electron chi connectivity index (χ3n) is 12.6. The minimum Gasteiger partial charge on any atom is -0.310 e. The van der Waals surface area contributed by atoms with Crippen LogP contribution in [0.5, 0.6) is 0 Å². The predicted molar refractivity (Wildman–Crippen MR) is 252 cm³/mol. The molecule has 0 unspecified atom stereocenters. The molecule has 11 rings (SSSR count). The molecule has 0 saturated carbocycles. The van der Waals surface area contributed by atoms with E-state index in [1.807, 2.05) is 0 Å². The van der Waals surface area contributed by atoms with Crippen molar-refractivity contribution >= 4 is 66.4 Å². The van der Waals surface area contributed by atoms with Crippen molar-refractivity contribution in [3.05, 3.63) is 217 Å². The van der Waals surface area contributed by atoms with Gasteiger partial charge in [-0.15, -0.1) is 0 Å². The van der Waals surface area contributed by atoms with Crippen LogP contribution in [0.25, 0.3) is 54.6 Å². The van der Waals surface area contributed by atoms with Gasteiger partial charge in [-0.2, -0.15) is 0 Å². The van der Waals surface area contributed by atoms with Gasteiger partial charge in [0.1, 0.15) is 0 Å². The van der Waals surface area contributed by atoms with Gasteiger partial charge in [0, 0.05) is 44.3 Å². The van der Waals surface area contributed by atoms with E-state index >= 15 is 0 Å². The second-order valence-electron chi connectivity index (χ2n) is 16.6. The summed E-state index contributed by atoms with van der Waals surface area (Å²) in [7, 11) is 0. The standard InChI is InChI=1S/C57H44N2/c1-57(2)35-34-40-36-52(58(41-22-10-4-11-23-41)42-24-12-5-13-25-42)48-33-32-47-49(46-31-19-18-30-45(46)39-20-8-3-9-21-39)38-53(50-37-51(57)54(40)56(48)55(47)50)59(43-26-14-6-15-27-43)44-28-16-7-17-29-44/h3-33,36-38H,34-35H2,1-2H3. The average Bonchev–Trinajstić information content (AvgIpc) is 3.29. The molecule has 282 valence electrons. The lowest BCUT2D eigenvalue weighted by Crippen LogP contribution is -2.24. The summed E-state index contributed by atoms with van der Waals surface area (Å²) in [6.07, 6.45) is 2.10. The van der Waals surface area contributed by atoms with Crippen LogP contribution in [-0.4, -0.2) is 0 Å². The lowest BCUT2D eigenvalue weighted by Gasteiger charge is -2.37. The zero-order valence-corrected chi connectivity index (χ0v) is 33.4. The summed E-state index contributed by atoms with van der Waals surface area (Å²) < 4.78 is 0. The fourth-order valence-electron chi connectivity index (χ4n) is 9.80. The number of benzene rings is 10. The number of anilines is 6. The summed E-state index contributed by atoms with van der Waals surface area (Å²) in [4.78, 5) is 4.94. The molecular weight excluding hydrogens is 713 g/mol. The number of para-hydroxylation sites is 4. The maximum absolute atomic E-state index is 2.57. The minimum absolute atomic E-state index is 0.0139. The van der Waals surface area contributed by atoms with Crippen LogP contribution in [0.3, 0.4) is 0 Å². The first-order chi connectivity index (χ1) is 29.0. The molecule has 0 fully saturated rings. The molecular formula is C57H44N2. The van der Waals surface area contributed by atoms with Gasteiger partial charge >= 0.3 is 0 Å². The summed E-state index contributed by atoms with van der Waals surface area (Å²) in [5, 5.41) is 7.89. The smallest absolute Gasteiger partial charge is 0.0546 e. The molecule has 0 amide bonds. The number of hydrogen-bond donors (Lipinski definition) is 0. The van der Waals surface area contributed by atoms with Gasteiger partial charge in [0.05, 0.1) is 11.4 Å². The molecule has 0 bridgehead atoms. The molecule has 2 nitrogen and oxygen atoms in total. The molecule has 0 aromatic heterocycles. The van der Waals surface area contributed by atoms with Crippen molar-refractivity contribution in [3.63, 3.8) is 0 Å². The normalized spacial score (nSPS) is 13.3. The minimum atomic E-state index is -0.0139. The summed E-state index contributed by atoms with van der Waals surface area (Å²) in [5.74, 6) is 0. The lowest BCUT2D eigenvalue weighted by molar-refractivity contribution is 0.475. The van der Waals surface area contributed by atoms with E-state index in [1.165, 1.54) is 77.1 Å². The Kier molecular flexibility index (Phi) is 8.34. The van der Waals surface area contributed by atoms with Crippen molar-refractivity contribution < 1.29 is 0 Å². The Hall–Kier alpha value is -7.16. The van der Waals surface area contributed by atoms with Gasteiger partial charge in [0.2, 0.25) is 0 Å². The SMILES string of the molecule is CC1(C)CCc2cc(N(c3ccccc3)c3ccccc3)c3ccc4c(-c5ccccc5-c5ccccc5)cc(N(c5ccccc5)c5ccccc5)c5cc1c2c3c45. The van der Waals surface area contributed by atoms with Crippen molar-refractivity contribution in [3.8, 4) is 22.3 Å². The fraction of sp³-hybridized carbons (Fsp3) is 0.0877. The van der Waals surface area contributed by atoms with E-state index in [9.17, 15) is 0 Å². The highest BCUT2D eigenvalue weighted by Crippen LogP contribution is 2.55. The lowest BCUT2D eigenvalue weighted by atomic mass is 9.70. The second kappa shape index (κ2) is 14.0. The first-order valence-corrected chi connectivity index (χ1v) is 20.8. The Morgan fingerprint density at radius 1 is 0.373 bits per heavy atom. The van der Waals surface area contributed by atoms with Crippen molar-refractivity contribution in [2.45, 2.75) is 32.1 Å². The second-order valence-corrected chi connectivity index (χ2v) is 16.6. The monoisotopic (exact) mass is 756 g/mol. The molecule has 0 radical (unpaired) electrons. The van der Waals surface area contributed by atoms with Gasteiger partial charge in [-0.1, -0.05) is 153 Å². The molecule has 0 N–H and O–H groups in total. The van der Waals surface area contributed by atoms with Crippen LogP contribution >= 0.6 is 0 Å². The van der Waals surface area contributed by atoms with Crippen LogP contribution in [-0.2, 0) is 11.8 Å². The van der Waals surface area contributed by atoms with E-state index in [0.29, 0.717) is 0 Å². The molecule has 10 aromatic carbocycles. The third kappa shape index (κ3) is 5.78. The molecule has 0 atom stereocenters. The predicted octanol–water partition coefficient (Wildman–Crippen LogP) is 16.1. The molecule has 59 heavy (non-hydrogen) atoms. The molecule has 1 aliphatic rings. The van der Waals surface area contributed by atoms with Crippen LogP contribution < -0.4 is 9.80 Å². The zero-order valence-electron chi connectivity index (χ0n) is 33.4. The van der Waals surface area contributed by atoms with E-state index < -0.39 is 0 Å². The van der Waals surface area contributed by atoms with E-state index in [2.05, 4.69) is 230 Å². The highest BCUT2D eigenvalue weighted by Gasteiger charge is 2.34. The van der Waals surface area contributed by atoms with Gasteiger partial charge < -0.3 is 9.80 Å². The molecule has 0 saturated heterocycles. The van der Waals surface area contributed by atoms with Gasteiger partial charge in [-0.3, -0.25) is 0 Å². The number of hydrogen-bond acceptors (Lipinski definition) is 2. The van der Waals surface area contributed by atoms with Crippen LogP contribution in [0.4, 0.5) is 34.1 Å². The van der Waals surface area contributed by atoms with Crippen molar-refractivity contribution in [2.24, 2.45) is 0 Å². The van der Waals surface area contributed by atoms with Crippen LogP contribution in [0.1, 0.15) is 31.4 Å². The topological polar surface area (TPSA) is 6.48 Å². The van der Waals surface area contributed by atoms with Crippen molar-refractivity contribution in [2.75, 3.05) is 9.80 Å². The first-order valence-electron chi connectivity index (χ1n) is 20.8. The van der Waals surface area contributed by atoms with E-state index in [4.69, 9.17) is 0 Å². The Labute approximate surface area is 346 Å². The molecule has 0 heterocycles. The number of rotatable bonds is 8. The largest absolute Gasteiger partial charge is 0.310 e. The summed E-state index contributed by atoms with van der Waals surface area (Å²) in [6, 6.07) is 75.7. The molecule has 0 spiro atoms. The quantitative estimate of drug-likeness (QED) is 0.142. The fourth-order valence-corrected chi connectivity index (χ4v) is 9.80. The van der Waals surface area contributed by atoms with Gasteiger partial charge in [-0.25, -0.2) is 0 Å². The zero-order chi connectivity index (χ0) is 39.5. The summed E-state index contributed by atoms with van der Waals surface area (Å²) in [5.41, 5.74) is 14.7. The summed E-state index contributed by atoms with van der Waals surface area (Å²) in [6.45, 7) is 4.90. The number of nitrogens with zero attached hydrogens (tertiary/aromatic N) is 2. The molecule has 10 aromatic rings. The highest BCUT2D eigenvalue weighted by molar-refractivity contribution is 6.32. The maximum atomic E-state index is 2.57. The highest BCUT2D eigenvalue weighted by atomic mass is 15.1. The van der Waals surface area contributed by atoms with Gasteiger partial charge in [0.15, 0.2) is 0 Å².